The number of benzene rings is 1. The molecule has 162 valence electrons. The Balaban J connectivity index is 1.65. The first-order chi connectivity index (χ1) is 14.5. The summed E-state index contributed by atoms with van der Waals surface area (Å²) in [6, 6.07) is 9.49. The van der Waals surface area contributed by atoms with Gasteiger partial charge in [-0.15, -0.1) is 0 Å². The van der Waals surface area contributed by atoms with E-state index in [9.17, 15) is 14.0 Å². The Labute approximate surface area is 176 Å². The van der Waals surface area contributed by atoms with E-state index in [-0.39, 0.29) is 36.7 Å². The Kier molecular flexibility index (Phi) is 8.02. The van der Waals surface area contributed by atoms with Crippen LogP contribution in [-0.2, 0) is 27.3 Å². The second-order valence-electron chi connectivity index (χ2n) is 7.61. The van der Waals surface area contributed by atoms with E-state index in [1.165, 1.54) is 12.1 Å². The third-order valence-corrected chi connectivity index (χ3v) is 5.17. The molecule has 2 aromatic rings. The molecule has 1 fully saturated rings. The van der Waals surface area contributed by atoms with Crippen molar-refractivity contribution < 1.29 is 23.1 Å². The van der Waals surface area contributed by atoms with Crippen LogP contribution in [0, 0.1) is 5.82 Å². The molecule has 0 unspecified atom stereocenters. The summed E-state index contributed by atoms with van der Waals surface area (Å²) in [7, 11) is 0. The van der Waals surface area contributed by atoms with Gasteiger partial charge in [-0.1, -0.05) is 19.1 Å². The Bertz CT molecular complexity index is 801. The topological polar surface area (TPSA) is 63.0 Å². The fourth-order valence-electron chi connectivity index (χ4n) is 3.59. The van der Waals surface area contributed by atoms with Crippen LogP contribution < -0.4 is 0 Å². The Morgan fingerprint density at radius 2 is 1.93 bits per heavy atom. The minimum absolute atomic E-state index is 0.00129. The molecule has 1 aliphatic heterocycles. The van der Waals surface area contributed by atoms with Crippen LogP contribution in [-0.4, -0.2) is 54.0 Å². The molecule has 1 aliphatic rings. The van der Waals surface area contributed by atoms with Crippen LogP contribution in [0.4, 0.5) is 4.39 Å². The third-order valence-electron chi connectivity index (χ3n) is 5.17. The highest BCUT2D eigenvalue weighted by Crippen LogP contribution is 2.16. The van der Waals surface area contributed by atoms with E-state index >= 15 is 0 Å². The summed E-state index contributed by atoms with van der Waals surface area (Å²) in [5.41, 5.74) is 0.724. The van der Waals surface area contributed by atoms with Crippen molar-refractivity contribution in [2.24, 2.45) is 0 Å². The summed E-state index contributed by atoms with van der Waals surface area (Å²) in [5.74, 6) is 0.0743. The lowest BCUT2D eigenvalue weighted by Gasteiger charge is -2.28. The molecule has 7 heteroatoms. The number of carbonyl (C=O) groups excluding carboxylic acids is 2. The lowest BCUT2D eigenvalue weighted by molar-refractivity contribution is -0.141. The van der Waals surface area contributed by atoms with Crippen molar-refractivity contribution in [1.29, 1.82) is 0 Å². The Morgan fingerprint density at radius 1 is 1.13 bits per heavy atom. The smallest absolute Gasteiger partial charge is 0.242 e. The molecule has 1 aromatic heterocycles. The van der Waals surface area contributed by atoms with Crippen LogP contribution in [0.2, 0.25) is 0 Å². The van der Waals surface area contributed by atoms with Gasteiger partial charge in [0, 0.05) is 19.7 Å². The number of carbonyl (C=O) groups is 2. The van der Waals surface area contributed by atoms with E-state index in [2.05, 4.69) is 0 Å². The molecular formula is C23H29FN2O4. The van der Waals surface area contributed by atoms with Gasteiger partial charge in [-0.25, -0.2) is 4.39 Å². The second-order valence-corrected chi connectivity index (χ2v) is 7.61. The van der Waals surface area contributed by atoms with Crippen molar-refractivity contribution in [3.63, 3.8) is 0 Å². The van der Waals surface area contributed by atoms with Crippen LogP contribution in [0.25, 0.3) is 0 Å². The number of nitrogens with zero attached hydrogens (tertiary/aromatic N) is 2. The predicted octanol–water partition coefficient (Wildman–Crippen LogP) is 3.41. The minimum atomic E-state index is -0.338. The highest BCUT2D eigenvalue weighted by molar-refractivity contribution is 5.86. The van der Waals surface area contributed by atoms with Crippen LogP contribution in [0.3, 0.4) is 0 Å². The van der Waals surface area contributed by atoms with Gasteiger partial charge < -0.3 is 19.0 Å². The summed E-state index contributed by atoms with van der Waals surface area (Å²) in [6.45, 7) is 3.99. The molecule has 3 rings (SSSR count). The second kappa shape index (κ2) is 10.9. The summed E-state index contributed by atoms with van der Waals surface area (Å²) in [5, 5.41) is 0. The summed E-state index contributed by atoms with van der Waals surface area (Å²) in [6.07, 6.45) is 4.39. The van der Waals surface area contributed by atoms with Crippen LogP contribution >= 0.6 is 0 Å². The van der Waals surface area contributed by atoms with Crippen molar-refractivity contribution >= 4 is 11.8 Å². The van der Waals surface area contributed by atoms with Gasteiger partial charge in [-0.2, -0.15) is 0 Å². The van der Waals surface area contributed by atoms with E-state index in [0.717, 1.165) is 24.8 Å². The van der Waals surface area contributed by atoms with Crippen LogP contribution in [0.15, 0.2) is 47.1 Å². The monoisotopic (exact) mass is 416 g/mol. The molecular weight excluding hydrogens is 387 g/mol. The first-order valence-corrected chi connectivity index (χ1v) is 10.5. The number of ether oxygens (including phenoxy) is 1. The lowest BCUT2D eigenvalue weighted by Crippen LogP contribution is -2.45. The molecule has 0 N–H and O–H groups in total. The van der Waals surface area contributed by atoms with E-state index in [4.69, 9.17) is 9.15 Å². The summed E-state index contributed by atoms with van der Waals surface area (Å²) < 4.78 is 24.3. The maximum absolute atomic E-state index is 13.1. The largest absolute Gasteiger partial charge is 0.467 e. The van der Waals surface area contributed by atoms with Crippen molar-refractivity contribution in [3.05, 3.63) is 59.8 Å². The van der Waals surface area contributed by atoms with E-state index in [1.807, 2.05) is 13.0 Å². The van der Waals surface area contributed by atoms with Gasteiger partial charge in [0.1, 0.15) is 11.6 Å². The van der Waals surface area contributed by atoms with Gasteiger partial charge in [-0.3, -0.25) is 9.59 Å². The van der Waals surface area contributed by atoms with Gasteiger partial charge >= 0.3 is 0 Å². The molecule has 1 atom stereocenters. The van der Waals surface area contributed by atoms with Crippen molar-refractivity contribution in [2.75, 3.05) is 26.2 Å². The molecule has 2 amide bonds. The molecule has 30 heavy (non-hydrogen) atoms. The predicted molar refractivity (Wildman–Crippen MR) is 110 cm³/mol. The van der Waals surface area contributed by atoms with Gasteiger partial charge in [-0.05, 0) is 49.1 Å². The molecule has 0 aliphatic carbocycles. The standard InChI is InChI=1S/C23H29FN2O4/c1-2-11-25(22(27)14-18-7-9-19(24)10-8-18)17-23(28)26(15-20-5-3-12-29-20)16-21-6-4-13-30-21/h3,5,7-10,12,21H,2,4,6,11,13-17H2,1H3/t21-/m0/s1. The lowest BCUT2D eigenvalue weighted by atomic mass is 10.1. The number of furan rings is 1. The first-order valence-electron chi connectivity index (χ1n) is 10.5. The average Bonchev–Trinajstić information content (AvgIpc) is 3.43. The van der Waals surface area contributed by atoms with Crippen LogP contribution in [0.5, 0.6) is 0 Å². The number of hydrogen-bond donors (Lipinski definition) is 0. The van der Waals surface area contributed by atoms with Crippen LogP contribution in [0.1, 0.15) is 37.5 Å². The zero-order valence-corrected chi connectivity index (χ0v) is 17.4. The van der Waals surface area contributed by atoms with Gasteiger partial charge in [0.05, 0.1) is 31.9 Å². The zero-order valence-electron chi connectivity index (χ0n) is 17.4. The van der Waals surface area contributed by atoms with Gasteiger partial charge in [0.2, 0.25) is 11.8 Å². The Morgan fingerprint density at radius 3 is 2.57 bits per heavy atom. The normalized spacial score (nSPS) is 15.9. The SMILES string of the molecule is CCCN(CC(=O)N(Cc1ccco1)C[C@@H]1CCCO1)C(=O)Cc1ccc(F)cc1. The average molecular weight is 416 g/mol. The number of hydrogen-bond acceptors (Lipinski definition) is 4. The molecule has 0 radical (unpaired) electrons. The van der Waals surface area contributed by atoms with E-state index < -0.39 is 0 Å². The highest BCUT2D eigenvalue weighted by Gasteiger charge is 2.26. The number of rotatable bonds is 10. The molecule has 1 aromatic carbocycles. The summed E-state index contributed by atoms with van der Waals surface area (Å²) >= 11 is 0. The van der Waals surface area contributed by atoms with Crippen molar-refractivity contribution in [1.82, 2.24) is 9.80 Å². The molecule has 0 spiro atoms. The maximum atomic E-state index is 13.1. The van der Waals surface area contributed by atoms with Crippen molar-refractivity contribution in [3.8, 4) is 0 Å². The van der Waals surface area contributed by atoms with E-state index in [0.29, 0.717) is 32.0 Å². The van der Waals surface area contributed by atoms with Crippen molar-refractivity contribution in [2.45, 2.75) is 45.3 Å². The Hall–Kier alpha value is -2.67. The number of halogens is 1. The van der Waals surface area contributed by atoms with E-state index in [1.54, 1.807) is 34.3 Å². The quantitative estimate of drug-likeness (QED) is 0.596. The summed E-state index contributed by atoms with van der Waals surface area (Å²) in [4.78, 5) is 29.2. The molecule has 2 heterocycles. The zero-order chi connectivity index (χ0) is 21.3. The number of amides is 2. The first kappa shape index (κ1) is 22.0. The fraction of sp³-hybridized carbons (Fsp3) is 0.478. The molecule has 1 saturated heterocycles. The van der Waals surface area contributed by atoms with Gasteiger partial charge in [0.25, 0.3) is 0 Å². The van der Waals surface area contributed by atoms with Gasteiger partial charge in [0.15, 0.2) is 0 Å². The highest BCUT2D eigenvalue weighted by atomic mass is 19.1. The minimum Gasteiger partial charge on any atom is -0.467 e. The molecule has 0 bridgehead atoms. The molecule has 0 saturated carbocycles. The fourth-order valence-corrected chi connectivity index (χ4v) is 3.59. The third kappa shape index (κ3) is 6.42. The maximum Gasteiger partial charge on any atom is 0.242 e. The molecule has 6 nitrogen and oxygen atoms in total.